The fraction of sp³-hybridized carbons (Fsp3) is 0.105. The molecule has 2 aromatic rings. The number of carbonyl (C=O) groups is 3. The number of hydrogen-bond donors (Lipinski definition) is 2. The second-order valence-corrected chi connectivity index (χ2v) is 6.32. The fourth-order valence-electron chi connectivity index (χ4n) is 2.55. The summed E-state index contributed by atoms with van der Waals surface area (Å²) in [6.07, 6.45) is 1.44. The van der Waals surface area contributed by atoms with E-state index in [1.165, 1.54) is 36.4 Å². The van der Waals surface area contributed by atoms with Crippen molar-refractivity contribution in [1.29, 1.82) is 0 Å². The molecule has 1 aliphatic rings. The molecule has 0 bridgehead atoms. The second-order valence-electron chi connectivity index (χ2n) is 5.92. The lowest BCUT2D eigenvalue weighted by molar-refractivity contribution is -0.123. The maximum atomic E-state index is 13.8. The fourth-order valence-corrected chi connectivity index (χ4v) is 2.80. The third-order valence-corrected chi connectivity index (χ3v) is 4.18. The smallest absolute Gasteiger partial charge is 0.329 e. The maximum Gasteiger partial charge on any atom is 0.329 e. The zero-order valence-electron chi connectivity index (χ0n) is 14.4. The first-order valence-electron chi connectivity index (χ1n) is 8.14. The van der Waals surface area contributed by atoms with Crippen molar-refractivity contribution in [2.45, 2.75) is 6.54 Å². The number of rotatable bonds is 6. The molecule has 9 heteroatoms. The average Bonchev–Trinajstić information content (AvgIpc) is 2.90. The van der Waals surface area contributed by atoms with E-state index in [1.54, 1.807) is 12.1 Å². The lowest BCUT2D eigenvalue weighted by atomic mass is 10.1. The van der Waals surface area contributed by atoms with E-state index in [1.807, 2.05) is 0 Å². The number of primary amides is 1. The Balaban J connectivity index is 1.77. The molecule has 0 unspecified atom stereocenters. The van der Waals surface area contributed by atoms with Crippen LogP contribution in [0.25, 0.3) is 6.08 Å². The van der Waals surface area contributed by atoms with Crippen LogP contribution >= 0.6 is 11.6 Å². The highest BCUT2D eigenvalue weighted by Crippen LogP contribution is 2.27. The minimum Gasteiger partial charge on any atom is -0.482 e. The predicted octanol–water partition coefficient (Wildman–Crippen LogP) is 2.44. The molecule has 2 aromatic carbocycles. The van der Waals surface area contributed by atoms with Crippen molar-refractivity contribution in [3.05, 3.63) is 70.1 Å². The number of carbonyl (C=O) groups excluding carboxylic acids is 3. The van der Waals surface area contributed by atoms with Crippen molar-refractivity contribution in [2.24, 2.45) is 5.73 Å². The Morgan fingerprint density at radius 1 is 1.25 bits per heavy atom. The lowest BCUT2D eigenvalue weighted by Gasteiger charge is -2.12. The molecule has 0 atom stereocenters. The van der Waals surface area contributed by atoms with Gasteiger partial charge in [-0.1, -0.05) is 35.9 Å². The summed E-state index contributed by atoms with van der Waals surface area (Å²) in [5, 5.41) is 2.66. The van der Waals surface area contributed by atoms with Crippen molar-refractivity contribution in [1.82, 2.24) is 10.2 Å². The van der Waals surface area contributed by atoms with Gasteiger partial charge in [0, 0.05) is 5.56 Å². The summed E-state index contributed by atoms with van der Waals surface area (Å²) >= 11 is 6.09. The van der Waals surface area contributed by atoms with Crippen LogP contribution in [0.3, 0.4) is 0 Å². The van der Waals surface area contributed by atoms with Gasteiger partial charge in [-0.05, 0) is 29.8 Å². The Bertz CT molecular complexity index is 993. The van der Waals surface area contributed by atoms with Gasteiger partial charge in [-0.15, -0.1) is 0 Å². The summed E-state index contributed by atoms with van der Waals surface area (Å²) in [7, 11) is 0. The number of hydrogen-bond acceptors (Lipinski definition) is 4. The molecule has 1 aliphatic heterocycles. The van der Waals surface area contributed by atoms with Gasteiger partial charge in [-0.3, -0.25) is 14.5 Å². The van der Waals surface area contributed by atoms with Crippen LogP contribution in [-0.4, -0.2) is 29.4 Å². The monoisotopic (exact) mass is 403 g/mol. The topological polar surface area (TPSA) is 102 Å². The summed E-state index contributed by atoms with van der Waals surface area (Å²) in [5.74, 6) is -1.47. The Morgan fingerprint density at radius 2 is 2.00 bits per heavy atom. The third-order valence-electron chi connectivity index (χ3n) is 3.89. The number of urea groups is 1. The normalized spacial score (nSPS) is 15.1. The molecule has 0 aromatic heterocycles. The van der Waals surface area contributed by atoms with Gasteiger partial charge in [-0.25, -0.2) is 9.18 Å². The molecule has 144 valence electrons. The van der Waals surface area contributed by atoms with Crippen LogP contribution in [-0.2, 0) is 16.1 Å². The number of benzene rings is 2. The molecule has 4 amide bonds. The van der Waals surface area contributed by atoms with E-state index in [-0.39, 0.29) is 35.2 Å². The van der Waals surface area contributed by atoms with Crippen LogP contribution in [0.4, 0.5) is 9.18 Å². The summed E-state index contributed by atoms with van der Waals surface area (Å²) in [6, 6.07) is 9.87. The number of amides is 4. The predicted molar refractivity (Wildman–Crippen MR) is 99.6 cm³/mol. The van der Waals surface area contributed by atoms with Crippen LogP contribution in [0.1, 0.15) is 11.1 Å². The molecule has 7 nitrogen and oxygen atoms in total. The third kappa shape index (κ3) is 4.29. The first-order chi connectivity index (χ1) is 13.3. The van der Waals surface area contributed by atoms with Crippen molar-refractivity contribution in [2.75, 3.05) is 6.61 Å². The second kappa shape index (κ2) is 8.10. The van der Waals surface area contributed by atoms with Crippen molar-refractivity contribution in [3.63, 3.8) is 0 Å². The van der Waals surface area contributed by atoms with Gasteiger partial charge < -0.3 is 15.8 Å². The number of ether oxygens (including phenoxy) is 1. The SMILES string of the molecule is NC(=O)COc1ccc(C=C2NC(=O)N(Cc3ccccc3F)C2=O)cc1Cl. The number of nitrogens with one attached hydrogen (secondary N) is 1. The highest BCUT2D eigenvalue weighted by molar-refractivity contribution is 6.32. The number of nitrogens with zero attached hydrogens (tertiary/aromatic N) is 1. The van der Waals surface area contributed by atoms with Crippen LogP contribution in [0.5, 0.6) is 5.75 Å². The number of nitrogens with two attached hydrogens (primary N) is 1. The van der Waals surface area contributed by atoms with Gasteiger partial charge in [0.05, 0.1) is 11.6 Å². The van der Waals surface area contributed by atoms with Crippen LogP contribution in [0, 0.1) is 5.82 Å². The summed E-state index contributed by atoms with van der Waals surface area (Å²) in [4.78, 5) is 36.3. The van der Waals surface area contributed by atoms with Gasteiger partial charge >= 0.3 is 6.03 Å². The minimum absolute atomic E-state index is 0.0308. The van der Waals surface area contributed by atoms with E-state index in [9.17, 15) is 18.8 Å². The van der Waals surface area contributed by atoms with Gasteiger partial charge in [0.1, 0.15) is 17.3 Å². The quantitative estimate of drug-likeness (QED) is 0.571. The van der Waals surface area contributed by atoms with E-state index in [2.05, 4.69) is 5.32 Å². The van der Waals surface area contributed by atoms with Gasteiger partial charge in [-0.2, -0.15) is 0 Å². The summed E-state index contributed by atoms with van der Waals surface area (Å²) in [5.41, 5.74) is 5.79. The molecule has 1 fully saturated rings. The van der Waals surface area contributed by atoms with Gasteiger partial charge in [0.2, 0.25) is 0 Å². The first-order valence-corrected chi connectivity index (χ1v) is 8.51. The van der Waals surface area contributed by atoms with Crippen LogP contribution in [0.2, 0.25) is 5.02 Å². The van der Waals surface area contributed by atoms with E-state index < -0.39 is 23.7 Å². The zero-order valence-corrected chi connectivity index (χ0v) is 15.2. The standard InChI is InChI=1S/C19H15ClFN3O4/c20-13-7-11(5-6-16(13)28-10-17(22)25)8-15-18(26)24(19(27)23-15)9-12-3-1-2-4-14(12)21/h1-8H,9-10H2,(H2,22,25)(H,23,27). The maximum absolute atomic E-state index is 13.8. The number of imide groups is 1. The molecule has 3 N–H and O–H groups in total. The first kappa shape index (κ1) is 19.4. The van der Waals surface area contributed by atoms with E-state index in [0.717, 1.165) is 4.90 Å². The highest BCUT2D eigenvalue weighted by atomic mass is 35.5. The Morgan fingerprint density at radius 3 is 2.68 bits per heavy atom. The van der Waals surface area contributed by atoms with E-state index >= 15 is 0 Å². The van der Waals surface area contributed by atoms with Crippen LogP contribution in [0.15, 0.2) is 48.2 Å². The van der Waals surface area contributed by atoms with Crippen molar-refractivity contribution >= 4 is 35.5 Å². The summed E-state index contributed by atoms with van der Waals surface area (Å²) in [6.45, 7) is -0.505. The Kier molecular flexibility index (Phi) is 5.60. The molecule has 1 heterocycles. The molecule has 0 aliphatic carbocycles. The Labute approximate surface area is 164 Å². The van der Waals surface area contributed by atoms with Gasteiger partial charge in [0.15, 0.2) is 6.61 Å². The molecule has 0 radical (unpaired) electrons. The lowest BCUT2D eigenvalue weighted by Crippen LogP contribution is -2.30. The van der Waals surface area contributed by atoms with E-state index in [0.29, 0.717) is 5.56 Å². The molecule has 0 spiro atoms. The Hall–Kier alpha value is -3.39. The highest BCUT2D eigenvalue weighted by Gasteiger charge is 2.33. The number of halogens is 2. The van der Waals surface area contributed by atoms with Gasteiger partial charge in [0.25, 0.3) is 11.8 Å². The average molecular weight is 404 g/mol. The van der Waals surface area contributed by atoms with E-state index in [4.69, 9.17) is 22.1 Å². The summed E-state index contributed by atoms with van der Waals surface area (Å²) < 4.78 is 18.9. The molecule has 3 rings (SSSR count). The van der Waals surface area contributed by atoms with Crippen LogP contribution < -0.4 is 15.8 Å². The van der Waals surface area contributed by atoms with Crippen molar-refractivity contribution in [3.8, 4) is 5.75 Å². The molecule has 1 saturated heterocycles. The molecular formula is C19H15ClFN3O4. The van der Waals surface area contributed by atoms with Crippen molar-refractivity contribution < 1.29 is 23.5 Å². The molecular weight excluding hydrogens is 389 g/mol. The largest absolute Gasteiger partial charge is 0.482 e. The molecule has 0 saturated carbocycles. The molecule has 28 heavy (non-hydrogen) atoms. The zero-order chi connectivity index (χ0) is 20.3. The minimum atomic E-state index is -0.646.